The number of anilines is 1. The SMILES string of the molecule is CC1(C)CCCN(C(=O)CN2C(=O)C3(CCN(C(=O)c4ccc5[nH]ncc5c4)CC3)c3c(Br)cccc32)C1. The first-order valence-electron chi connectivity index (χ1n) is 13.3. The van der Waals surface area contributed by atoms with Gasteiger partial charge < -0.3 is 14.7 Å². The fourth-order valence-electron chi connectivity index (χ4n) is 6.53. The Balaban J connectivity index is 1.23. The summed E-state index contributed by atoms with van der Waals surface area (Å²) in [6, 6.07) is 11.4. The van der Waals surface area contributed by atoms with Crippen molar-refractivity contribution >= 4 is 50.2 Å². The van der Waals surface area contributed by atoms with Gasteiger partial charge in [-0.05, 0) is 61.4 Å². The molecule has 3 amide bonds. The molecule has 2 fully saturated rings. The van der Waals surface area contributed by atoms with E-state index in [1.165, 1.54) is 0 Å². The van der Waals surface area contributed by atoms with Crippen molar-refractivity contribution in [3.05, 3.63) is 58.2 Å². The van der Waals surface area contributed by atoms with E-state index in [2.05, 4.69) is 40.0 Å². The molecule has 0 unspecified atom stereocenters. The average Bonchev–Trinajstić information content (AvgIpc) is 3.46. The Morgan fingerprint density at radius 2 is 1.84 bits per heavy atom. The third-order valence-corrected chi connectivity index (χ3v) is 9.21. The number of likely N-dealkylation sites (tertiary alicyclic amines) is 2. The van der Waals surface area contributed by atoms with Crippen LogP contribution in [0.25, 0.3) is 10.9 Å². The van der Waals surface area contributed by atoms with Crippen LogP contribution in [0.1, 0.15) is 55.5 Å². The van der Waals surface area contributed by atoms with Crippen LogP contribution in [0.15, 0.2) is 47.1 Å². The Morgan fingerprint density at radius 1 is 1.05 bits per heavy atom. The van der Waals surface area contributed by atoms with Gasteiger partial charge in [-0.15, -0.1) is 0 Å². The van der Waals surface area contributed by atoms with Gasteiger partial charge >= 0.3 is 0 Å². The zero-order valence-corrected chi connectivity index (χ0v) is 23.4. The average molecular weight is 579 g/mol. The normalized spacial score (nSPS) is 20.3. The highest BCUT2D eigenvalue weighted by Crippen LogP contribution is 2.51. The van der Waals surface area contributed by atoms with E-state index in [1.807, 2.05) is 46.2 Å². The Hall–Kier alpha value is -3.20. The first-order chi connectivity index (χ1) is 18.2. The maximum Gasteiger partial charge on any atom is 0.253 e. The summed E-state index contributed by atoms with van der Waals surface area (Å²) in [7, 11) is 0. The van der Waals surface area contributed by atoms with Gasteiger partial charge in [-0.3, -0.25) is 19.5 Å². The zero-order valence-electron chi connectivity index (χ0n) is 21.8. The molecule has 0 atom stereocenters. The number of aromatic nitrogens is 2. The number of nitrogens with zero attached hydrogens (tertiary/aromatic N) is 4. The smallest absolute Gasteiger partial charge is 0.253 e. The molecule has 1 aromatic heterocycles. The maximum atomic E-state index is 14.1. The van der Waals surface area contributed by atoms with E-state index in [0.717, 1.165) is 46.0 Å². The van der Waals surface area contributed by atoms with Crippen molar-refractivity contribution in [2.45, 2.75) is 44.9 Å². The third-order valence-electron chi connectivity index (χ3n) is 8.55. The Bertz CT molecular complexity index is 1440. The summed E-state index contributed by atoms with van der Waals surface area (Å²) in [6.07, 6.45) is 4.83. The van der Waals surface area contributed by atoms with Gasteiger partial charge in [-0.1, -0.05) is 35.8 Å². The van der Waals surface area contributed by atoms with Crippen LogP contribution < -0.4 is 4.90 Å². The molecule has 0 saturated carbocycles. The van der Waals surface area contributed by atoms with Crippen LogP contribution in [-0.4, -0.2) is 70.4 Å². The molecular weight excluding hydrogens is 546 g/mol. The van der Waals surface area contributed by atoms with Crippen LogP contribution in [0.4, 0.5) is 5.69 Å². The number of piperidine rings is 2. The molecule has 3 aliphatic rings. The minimum absolute atomic E-state index is 0.00338. The van der Waals surface area contributed by atoms with Gasteiger partial charge in [0.25, 0.3) is 5.91 Å². The van der Waals surface area contributed by atoms with E-state index in [-0.39, 0.29) is 29.7 Å². The highest BCUT2D eigenvalue weighted by molar-refractivity contribution is 9.10. The standard InChI is InChI=1S/C29H32BrN5O3/c1-28(2)9-4-12-34(18-28)24(36)17-35-23-6-3-5-21(30)25(23)29(27(35)38)10-13-33(14-11-29)26(37)19-7-8-22-20(15-19)16-31-32-22/h3,5-8,15-16H,4,9-14,17-18H2,1-2H3,(H,31,32). The quantitative estimate of drug-likeness (QED) is 0.496. The lowest BCUT2D eigenvalue weighted by atomic mass is 9.73. The van der Waals surface area contributed by atoms with E-state index in [1.54, 1.807) is 11.1 Å². The number of benzene rings is 2. The molecule has 2 saturated heterocycles. The summed E-state index contributed by atoms with van der Waals surface area (Å²) in [6.45, 7) is 6.82. The van der Waals surface area contributed by atoms with Crippen molar-refractivity contribution in [3.63, 3.8) is 0 Å². The highest BCUT2D eigenvalue weighted by atomic mass is 79.9. The van der Waals surface area contributed by atoms with Gasteiger partial charge in [0.2, 0.25) is 11.8 Å². The van der Waals surface area contributed by atoms with Crippen LogP contribution in [0, 0.1) is 5.41 Å². The van der Waals surface area contributed by atoms with Crippen molar-refractivity contribution in [2.24, 2.45) is 5.41 Å². The minimum atomic E-state index is -0.748. The van der Waals surface area contributed by atoms with Crippen LogP contribution in [0.5, 0.6) is 0 Å². The highest BCUT2D eigenvalue weighted by Gasteiger charge is 2.54. The van der Waals surface area contributed by atoms with Crippen molar-refractivity contribution in [1.29, 1.82) is 0 Å². The molecule has 0 radical (unpaired) electrons. The van der Waals surface area contributed by atoms with E-state index >= 15 is 0 Å². The van der Waals surface area contributed by atoms with Crippen LogP contribution in [0.3, 0.4) is 0 Å². The van der Waals surface area contributed by atoms with Crippen molar-refractivity contribution in [1.82, 2.24) is 20.0 Å². The molecule has 3 aliphatic heterocycles. The van der Waals surface area contributed by atoms with Crippen LogP contribution >= 0.6 is 15.9 Å². The molecule has 1 spiro atoms. The number of aromatic amines is 1. The predicted molar refractivity (Wildman–Crippen MR) is 149 cm³/mol. The van der Waals surface area contributed by atoms with Gasteiger partial charge in [0, 0.05) is 52.9 Å². The lowest BCUT2D eigenvalue weighted by Gasteiger charge is -2.40. The molecule has 2 aromatic carbocycles. The van der Waals surface area contributed by atoms with E-state index in [4.69, 9.17) is 0 Å². The van der Waals surface area contributed by atoms with Crippen molar-refractivity contribution < 1.29 is 14.4 Å². The number of nitrogens with one attached hydrogen (secondary N) is 1. The Labute approximate surface area is 230 Å². The van der Waals surface area contributed by atoms with E-state index < -0.39 is 5.41 Å². The molecule has 6 rings (SSSR count). The predicted octanol–water partition coefficient (Wildman–Crippen LogP) is 4.49. The second-order valence-corrected chi connectivity index (χ2v) is 12.5. The largest absolute Gasteiger partial charge is 0.341 e. The van der Waals surface area contributed by atoms with Gasteiger partial charge in [-0.25, -0.2) is 0 Å². The number of hydrogen-bond donors (Lipinski definition) is 1. The molecule has 3 aromatic rings. The molecule has 0 bridgehead atoms. The summed E-state index contributed by atoms with van der Waals surface area (Å²) >= 11 is 3.71. The maximum absolute atomic E-state index is 14.1. The molecule has 9 heteroatoms. The van der Waals surface area contributed by atoms with E-state index in [9.17, 15) is 14.4 Å². The Morgan fingerprint density at radius 3 is 2.61 bits per heavy atom. The first-order valence-corrected chi connectivity index (χ1v) is 14.1. The number of rotatable bonds is 3. The molecule has 8 nitrogen and oxygen atoms in total. The Kier molecular flexibility index (Phi) is 6.09. The number of amides is 3. The number of carbonyl (C=O) groups is 3. The second-order valence-electron chi connectivity index (χ2n) is 11.7. The van der Waals surface area contributed by atoms with Gasteiger partial charge in [-0.2, -0.15) is 5.10 Å². The molecule has 198 valence electrons. The molecule has 4 heterocycles. The fraction of sp³-hybridized carbons (Fsp3) is 0.448. The van der Waals surface area contributed by atoms with Gasteiger partial charge in [0.15, 0.2) is 0 Å². The third kappa shape index (κ3) is 4.11. The minimum Gasteiger partial charge on any atom is -0.341 e. The molecule has 1 N–H and O–H groups in total. The lowest BCUT2D eigenvalue weighted by Crippen LogP contribution is -2.52. The van der Waals surface area contributed by atoms with Crippen LogP contribution in [0.2, 0.25) is 0 Å². The lowest BCUT2D eigenvalue weighted by molar-refractivity contribution is -0.134. The summed E-state index contributed by atoms with van der Waals surface area (Å²) in [4.78, 5) is 46.3. The number of carbonyl (C=O) groups excluding carboxylic acids is 3. The summed E-state index contributed by atoms with van der Waals surface area (Å²) in [5.41, 5.74) is 2.60. The molecule has 0 aliphatic carbocycles. The summed E-state index contributed by atoms with van der Waals surface area (Å²) < 4.78 is 0.877. The number of fused-ring (bicyclic) bond motifs is 3. The zero-order chi connectivity index (χ0) is 26.7. The van der Waals surface area contributed by atoms with Gasteiger partial charge in [0.05, 0.1) is 17.1 Å². The van der Waals surface area contributed by atoms with Crippen LogP contribution in [-0.2, 0) is 15.0 Å². The number of hydrogen-bond acceptors (Lipinski definition) is 4. The van der Waals surface area contributed by atoms with Crippen molar-refractivity contribution in [2.75, 3.05) is 37.6 Å². The molecular formula is C29H32BrN5O3. The van der Waals surface area contributed by atoms with Crippen molar-refractivity contribution in [3.8, 4) is 0 Å². The van der Waals surface area contributed by atoms with E-state index in [0.29, 0.717) is 38.0 Å². The molecule has 38 heavy (non-hydrogen) atoms. The monoisotopic (exact) mass is 577 g/mol. The van der Waals surface area contributed by atoms with Gasteiger partial charge in [0.1, 0.15) is 6.54 Å². The summed E-state index contributed by atoms with van der Waals surface area (Å²) in [5.74, 6) is -0.0761. The topological polar surface area (TPSA) is 89.6 Å². The summed E-state index contributed by atoms with van der Waals surface area (Å²) in [5, 5.41) is 7.85. The second kappa shape index (κ2) is 9.22. The number of halogens is 1. The fourth-order valence-corrected chi connectivity index (χ4v) is 7.26. The first kappa shape index (κ1) is 25.1. The number of H-pyrrole nitrogens is 1.